The number of guanidine groups is 1. The molecule has 1 amide bonds. The topological polar surface area (TPSA) is 74.6 Å². The normalized spacial score (nSPS) is 12.0. The molecule has 0 aliphatic rings. The van der Waals surface area contributed by atoms with Crippen molar-refractivity contribution < 1.29 is 4.79 Å². The van der Waals surface area contributed by atoms with E-state index in [1.54, 1.807) is 0 Å². The zero-order valence-electron chi connectivity index (χ0n) is 16.8. The second-order valence-electron chi connectivity index (χ2n) is 6.91. The van der Waals surface area contributed by atoms with Crippen molar-refractivity contribution in [2.75, 3.05) is 26.7 Å². The van der Waals surface area contributed by atoms with Crippen molar-refractivity contribution in [2.45, 2.75) is 47.1 Å². The van der Waals surface area contributed by atoms with Crippen molar-refractivity contribution in [1.29, 1.82) is 0 Å². The number of carbonyl (C=O) groups is 1. The first kappa shape index (κ1) is 21.0. The highest BCUT2D eigenvalue weighted by atomic mass is 16.1. The lowest BCUT2D eigenvalue weighted by atomic mass is 10.1. The van der Waals surface area contributed by atoms with E-state index in [9.17, 15) is 4.79 Å². The lowest BCUT2D eigenvalue weighted by Crippen LogP contribution is -2.39. The third-order valence-corrected chi connectivity index (χ3v) is 3.78. The molecule has 0 unspecified atom stereocenters. The van der Waals surface area contributed by atoms with Gasteiger partial charge in [0.1, 0.15) is 0 Å². The molecule has 0 aromatic carbocycles. The molecule has 0 fully saturated rings. The van der Waals surface area contributed by atoms with Crippen LogP contribution >= 0.6 is 0 Å². The van der Waals surface area contributed by atoms with Crippen LogP contribution in [-0.2, 0) is 18.4 Å². The largest absolute Gasteiger partial charge is 0.357 e. The number of nitrogens with one attached hydrogen (secondary N) is 2. The minimum atomic E-state index is -0.0000689. The molecule has 0 radical (unpaired) electrons. The predicted molar refractivity (Wildman–Crippen MR) is 103 cm³/mol. The molecule has 7 heteroatoms. The smallest absolute Gasteiger partial charge is 0.222 e. The molecule has 0 atom stereocenters. The highest BCUT2D eigenvalue weighted by Gasteiger charge is 2.15. The van der Waals surface area contributed by atoms with Crippen LogP contribution in [0.4, 0.5) is 0 Å². The summed E-state index contributed by atoms with van der Waals surface area (Å²) in [5.74, 6) is 1.28. The molecule has 0 bridgehead atoms. The average Bonchev–Trinajstić information content (AvgIpc) is 2.90. The first-order chi connectivity index (χ1) is 11.8. The van der Waals surface area contributed by atoms with Crippen LogP contribution in [0.1, 0.15) is 51.8 Å². The van der Waals surface area contributed by atoms with Crippen LogP contribution in [0, 0.1) is 5.92 Å². The van der Waals surface area contributed by atoms with Crippen LogP contribution in [0.15, 0.2) is 11.2 Å². The summed E-state index contributed by atoms with van der Waals surface area (Å²) in [6, 6.07) is 0. The molecule has 7 nitrogen and oxygen atoms in total. The van der Waals surface area contributed by atoms with Gasteiger partial charge in [0.2, 0.25) is 5.91 Å². The van der Waals surface area contributed by atoms with Crippen molar-refractivity contribution in [3.05, 3.63) is 17.5 Å². The van der Waals surface area contributed by atoms with E-state index in [0.29, 0.717) is 19.0 Å². The Labute approximate surface area is 151 Å². The van der Waals surface area contributed by atoms with Gasteiger partial charge in [-0.3, -0.25) is 14.5 Å². The van der Waals surface area contributed by atoms with Gasteiger partial charge in [-0.2, -0.15) is 5.10 Å². The van der Waals surface area contributed by atoms with Gasteiger partial charge in [0.05, 0.1) is 12.2 Å². The summed E-state index contributed by atoms with van der Waals surface area (Å²) in [4.78, 5) is 18.3. The van der Waals surface area contributed by atoms with E-state index in [4.69, 9.17) is 0 Å². The van der Waals surface area contributed by atoms with E-state index in [0.717, 1.165) is 24.7 Å². The first-order valence-corrected chi connectivity index (χ1v) is 9.05. The van der Waals surface area contributed by atoms with Crippen LogP contribution < -0.4 is 10.6 Å². The summed E-state index contributed by atoms with van der Waals surface area (Å²) >= 11 is 0. The molecule has 1 aromatic heterocycles. The van der Waals surface area contributed by atoms with E-state index in [1.165, 1.54) is 5.56 Å². The minimum Gasteiger partial charge on any atom is -0.357 e. The summed E-state index contributed by atoms with van der Waals surface area (Å²) in [5.41, 5.74) is 2.33. The molecule has 0 saturated heterocycles. The molecule has 1 aromatic rings. The Hall–Kier alpha value is -2.05. The minimum absolute atomic E-state index is 0.0000689. The highest BCUT2D eigenvalue weighted by molar-refractivity contribution is 5.80. The van der Waals surface area contributed by atoms with Gasteiger partial charge in [0, 0.05) is 51.4 Å². The molecular formula is C18H34N6O. The molecule has 142 valence electrons. The number of hydrogen-bond donors (Lipinski definition) is 2. The molecule has 0 spiro atoms. The Morgan fingerprint density at radius 1 is 1.32 bits per heavy atom. The fourth-order valence-corrected chi connectivity index (χ4v) is 2.51. The number of aromatic nitrogens is 2. The standard InChI is InChI=1S/C18H34N6O/c1-8-19-18(21-10-9-20-17(25)14(4)5)23(6)11-15-12-24(7)22-16(15)13(2)3/h12-14H,8-11H2,1-7H3,(H,19,21)(H,20,25). The second kappa shape index (κ2) is 10.1. The van der Waals surface area contributed by atoms with Crippen LogP contribution in [0.25, 0.3) is 0 Å². The fourth-order valence-electron chi connectivity index (χ4n) is 2.51. The maximum atomic E-state index is 11.6. The number of hydrogen-bond acceptors (Lipinski definition) is 3. The second-order valence-corrected chi connectivity index (χ2v) is 6.91. The summed E-state index contributed by atoms with van der Waals surface area (Å²) in [6.45, 7) is 12.8. The lowest BCUT2D eigenvalue weighted by Gasteiger charge is -2.22. The Balaban J connectivity index is 2.71. The van der Waals surface area contributed by atoms with Crippen LogP contribution in [0.5, 0.6) is 0 Å². The third kappa shape index (κ3) is 6.76. The van der Waals surface area contributed by atoms with Gasteiger partial charge < -0.3 is 15.5 Å². The number of aryl methyl sites for hydroxylation is 1. The number of amides is 1. The summed E-state index contributed by atoms with van der Waals surface area (Å²) < 4.78 is 1.87. The van der Waals surface area contributed by atoms with Crippen molar-refractivity contribution in [3.63, 3.8) is 0 Å². The highest BCUT2D eigenvalue weighted by Crippen LogP contribution is 2.18. The third-order valence-electron chi connectivity index (χ3n) is 3.78. The van der Waals surface area contributed by atoms with Crippen molar-refractivity contribution >= 4 is 11.9 Å². The van der Waals surface area contributed by atoms with Gasteiger partial charge in [-0.1, -0.05) is 27.7 Å². The number of nitrogens with zero attached hydrogens (tertiary/aromatic N) is 4. The zero-order chi connectivity index (χ0) is 19.0. The Bertz CT molecular complexity index is 576. The summed E-state index contributed by atoms with van der Waals surface area (Å²) in [7, 11) is 3.97. The summed E-state index contributed by atoms with van der Waals surface area (Å²) in [6.07, 6.45) is 2.07. The van der Waals surface area contributed by atoms with Crippen molar-refractivity contribution in [1.82, 2.24) is 25.3 Å². The van der Waals surface area contributed by atoms with Crippen molar-refractivity contribution in [2.24, 2.45) is 18.0 Å². The van der Waals surface area contributed by atoms with E-state index >= 15 is 0 Å². The van der Waals surface area contributed by atoms with Crippen LogP contribution in [0.2, 0.25) is 0 Å². The van der Waals surface area contributed by atoms with Gasteiger partial charge in [-0.05, 0) is 12.8 Å². The number of carbonyl (C=O) groups excluding carboxylic acids is 1. The maximum Gasteiger partial charge on any atom is 0.222 e. The SMILES string of the molecule is CCNC(=NCCNC(=O)C(C)C)N(C)Cc1cn(C)nc1C(C)C. The number of aliphatic imine (C=N–C) groups is 1. The fraction of sp³-hybridized carbons (Fsp3) is 0.722. The monoisotopic (exact) mass is 350 g/mol. The Kier molecular flexibility index (Phi) is 8.45. The molecule has 0 aliphatic carbocycles. The van der Waals surface area contributed by atoms with Gasteiger partial charge in [0.25, 0.3) is 0 Å². The lowest BCUT2D eigenvalue weighted by molar-refractivity contribution is -0.123. The molecule has 25 heavy (non-hydrogen) atoms. The van der Waals surface area contributed by atoms with Crippen molar-refractivity contribution in [3.8, 4) is 0 Å². The van der Waals surface area contributed by atoms with E-state index in [2.05, 4.69) is 45.7 Å². The maximum absolute atomic E-state index is 11.6. The quantitative estimate of drug-likeness (QED) is 0.425. The summed E-state index contributed by atoms with van der Waals surface area (Å²) in [5, 5.41) is 10.8. The number of rotatable bonds is 8. The van der Waals surface area contributed by atoms with Gasteiger partial charge >= 0.3 is 0 Å². The van der Waals surface area contributed by atoms with Gasteiger partial charge in [-0.25, -0.2) is 0 Å². The molecule has 1 heterocycles. The molecule has 0 saturated carbocycles. The van der Waals surface area contributed by atoms with Gasteiger partial charge in [-0.15, -0.1) is 0 Å². The average molecular weight is 351 g/mol. The molecular weight excluding hydrogens is 316 g/mol. The Morgan fingerprint density at radius 3 is 2.56 bits per heavy atom. The van der Waals surface area contributed by atoms with E-state index in [1.807, 2.05) is 39.5 Å². The van der Waals surface area contributed by atoms with E-state index < -0.39 is 0 Å². The molecule has 0 aliphatic heterocycles. The molecule has 2 N–H and O–H groups in total. The Morgan fingerprint density at radius 2 is 2.00 bits per heavy atom. The molecule has 1 rings (SSSR count). The predicted octanol–water partition coefficient (Wildman–Crippen LogP) is 1.71. The van der Waals surface area contributed by atoms with E-state index in [-0.39, 0.29) is 11.8 Å². The van der Waals surface area contributed by atoms with Crippen LogP contribution in [-0.4, -0.2) is 53.2 Å². The van der Waals surface area contributed by atoms with Gasteiger partial charge in [0.15, 0.2) is 5.96 Å². The van der Waals surface area contributed by atoms with Crippen LogP contribution in [0.3, 0.4) is 0 Å². The first-order valence-electron chi connectivity index (χ1n) is 9.05. The zero-order valence-corrected chi connectivity index (χ0v) is 16.8.